The van der Waals surface area contributed by atoms with E-state index in [-0.39, 0.29) is 6.10 Å². The zero-order valence-electron chi connectivity index (χ0n) is 13.6. The van der Waals surface area contributed by atoms with Gasteiger partial charge in [0.15, 0.2) is 0 Å². The molecule has 0 aromatic heterocycles. The van der Waals surface area contributed by atoms with E-state index in [1.165, 1.54) is 0 Å². The normalized spacial score (nSPS) is 15.7. The maximum atomic E-state index is 6.04. The van der Waals surface area contributed by atoms with Crippen molar-refractivity contribution in [2.24, 2.45) is 5.73 Å². The third kappa shape index (κ3) is 2.80. The second kappa shape index (κ2) is 6.38. The maximum Gasteiger partial charge on any atom is 0.131 e. The van der Waals surface area contributed by atoms with Crippen LogP contribution in [0.2, 0.25) is 0 Å². The topological polar surface area (TPSA) is 62.9 Å². The van der Waals surface area contributed by atoms with E-state index in [1.807, 2.05) is 30.3 Å². The highest BCUT2D eigenvalue weighted by Crippen LogP contribution is 2.45. The molecule has 0 bridgehead atoms. The van der Waals surface area contributed by atoms with Crippen LogP contribution in [-0.2, 0) is 6.42 Å². The second-order valence-corrected chi connectivity index (χ2v) is 5.41. The van der Waals surface area contributed by atoms with Gasteiger partial charge >= 0.3 is 0 Å². The van der Waals surface area contributed by atoms with Gasteiger partial charge in [-0.2, -0.15) is 0 Å². The minimum atomic E-state index is -0.00698. The van der Waals surface area contributed by atoms with Gasteiger partial charge in [-0.25, -0.2) is 0 Å². The third-order valence-electron chi connectivity index (χ3n) is 4.07. The van der Waals surface area contributed by atoms with Crippen molar-refractivity contribution >= 4 is 0 Å². The van der Waals surface area contributed by atoms with Gasteiger partial charge in [-0.15, -0.1) is 0 Å². The molecule has 1 unspecified atom stereocenters. The van der Waals surface area contributed by atoms with Gasteiger partial charge in [0.25, 0.3) is 0 Å². The van der Waals surface area contributed by atoms with Crippen LogP contribution in [0.1, 0.15) is 5.56 Å². The summed E-state index contributed by atoms with van der Waals surface area (Å²) in [5.41, 5.74) is 8.69. The fourth-order valence-corrected chi connectivity index (χ4v) is 2.88. The standard InChI is InChI=1S/C18H21NO4/c1-20-12-4-5-17(22-3)15(8-12)16-9-13(21-2)6-11-7-14(10-19)23-18(11)16/h4-6,8-9,14H,7,10,19H2,1-3H3. The van der Waals surface area contributed by atoms with E-state index in [2.05, 4.69) is 0 Å². The lowest BCUT2D eigenvalue weighted by Gasteiger charge is -2.15. The SMILES string of the molecule is COc1ccc(OC)c(-c2cc(OC)cc3c2OC(CN)C3)c1. The van der Waals surface area contributed by atoms with Gasteiger partial charge in [0.05, 0.1) is 21.3 Å². The Bertz CT molecular complexity index is 714. The zero-order chi connectivity index (χ0) is 16.4. The van der Waals surface area contributed by atoms with Gasteiger partial charge in [0.1, 0.15) is 29.1 Å². The number of ether oxygens (including phenoxy) is 4. The fraction of sp³-hybridized carbons (Fsp3) is 0.333. The fourth-order valence-electron chi connectivity index (χ4n) is 2.88. The molecule has 1 aliphatic rings. The van der Waals surface area contributed by atoms with E-state index in [0.717, 1.165) is 46.1 Å². The Morgan fingerprint density at radius 3 is 2.39 bits per heavy atom. The van der Waals surface area contributed by atoms with Gasteiger partial charge in [0.2, 0.25) is 0 Å². The summed E-state index contributed by atoms with van der Waals surface area (Å²) in [6.07, 6.45) is 0.773. The molecule has 1 heterocycles. The first-order valence-corrected chi connectivity index (χ1v) is 7.50. The molecule has 0 fully saturated rings. The Morgan fingerprint density at radius 1 is 1.00 bits per heavy atom. The highest BCUT2D eigenvalue weighted by molar-refractivity contribution is 5.80. The smallest absolute Gasteiger partial charge is 0.131 e. The number of hydrogen-bond acceptors (Lipinski definition) is 5. The Kier molecular flexibility index (Phi) is 4.30. The van der Waals surface area contributed by atoms with Crippen molar-refractivity contribution in [2.75, 3.05) is 27.9 Å². The van der Waals surface area contributed by atoms with E-state index >= 15 is 0 Å². The Hall–Kier alpha value is -2.40. The van der Waals surface area contributed by atoms with E-state index in [1.54, 1.807) is 21.3 Å². The highest BCUT2D eigenvalue weighted by Gasteiger charge is 2.27. The molecule has 1 aliphatic heterocycles. The summed E-state index contributed by atoms with van der Waals surface area (Å²) >= 11 is 0. The van der Waals surface area contributed by atoms with Crippen LogP contribution < -0.4 is 24.7 Å². The Morgan fingerprint density at radius 2 is 1.74 bits per heavy atom. The molecule has 0 spiro atoms. The van der Waals surface area contributed by atoms with Crippen molar-refractivity contribution in [3.8, 4) is 34.1 Å². The lowest BCUT2D eigenvalue weighted by molar-refractivity contribution is 0.242. The minimum absolute atomic E-state index is 0.00698. The average molecular weight is 315 g/mol. The highest BCUT2D eigenvalue weighted by atomic mass is 16.5. The summed E-state index contributed by atoms with van der Waals surface area (Å²) in [7, 11) is 4.95. The van der Waals surface area contributed by atoms with Gasteiger partial charge in [-0.1, -0.05) is 0 Å². The van der Waals surface area contributed by atoms with Crippen LogP contribution in [0.15, 0.2) is 30.3 Å². The molecule has 122 valence electrons. The van der Waals surface area contributed by atoms with Gasteiger partial charge in [-0.3, -0.25) is 0 Å². The summed E-state index contributed by atoms with van der Waals surface area (Å²) in [5, 5.41) is 0. The van der Waals surface area contributed by atoms with E-state index in [4.69, 9.17) is 24.7 Å². The van der Waals surface area contributed by atoms with Crippen molar-refractivity contribution in [2.45, 2.75) is 12.5 Å². The summed E-state index contributed by atoms with van der Waals surface area (Å²) in [4.78, 5) is 0. The van der Waals surface area contributed by atoms with Crippen LogP contribution in [0.3, 0.4) is 0 Å². The van der Waals surface area contributed by atoms with E-state index in [9.17, 15) is 0 Å². The molecule has 0 aliphatic carbocycles. The first kappa shape index (κ1) is 15.5. The van der Waals surface area contributed by atoms with Crippen molar-refractivity contribution < 1.29 is 18.9 Å². The van der Waals surface area contributed by atoms with Gasteiger partial charge in [0, 0.05) is 29.7 Å². The third-order valence-corrected chi connectivity index (χ3v) is 4.07. The van der Waals surface area contributed by atoms with Crippen molar-refractivity contribution in [3.05, 3.63) is 35.9 Å². The summed E-state index contributed by atoms with van der Waals surface area (Å²) in [6.45, 7) is 0.478. The molecule has 2 aromatic carbocycles. The van der Waals surface area contributed by atoms with Crippen molar-refractivity contribution in [1.29, 1.82) is 0 Å². The summed E-state index contributed by atoms with van der Waals surface area (Å²) in [5.74, 6) is 3.13. The number of rotatable bonds is 5. The zero-order valence-corrected chi connectivity index (χ0v) is 13.6. The number of methoxy groups -OCH3 is 3. The molecular formula is C18H21NO4. The first-order chi connectivity index (χ1) is 11.2. The van der Waals surface area contributed by atoms with Crippen LogP contribution in [-0.4, -0.2) is 34.0 Å². The monoisotopic (exact) mass is 315 g/mol. The predicted octanol–water partition coefficient (Wildman–Crippen LogP) is 2.64. The molecule has 2 N–H and O–H groups in total. The summed E-state index contributed by atoms with van der Waals surface area (Å²) in [6, 6.07) is 9.64. The van der Waals surface area contributed by atoms with Gasteiger partial charge < -0.3 is 24.7 Å². The molecular weight excluding hydrogens is 294 g/mol. The molecule has 3 rings (SSSR count). The molecule has 0 saturated heterocycles. The number of hydrogen-bond donors (Lipinski definition) is 1. The van der Waals surface area contributed by atoms with E-state index in [0.29, 0.717) is 6.54 Å². The van der Waals surface area contributed by atoms with E-state index < -0.39 is 0 Å². The maximum absolute atomic E-state index is 6.04. The number of benzene rings is 2. The molecule has 2 aromatic rings. The van der Waals surface area contributed by atoms with Crippen LogP contribution in [0, 0.1) is 0 Å². The Balaban J connectivity index is 2.19. The van der Waals surface area contributed by atoms with Crippen LogP contribution in [0.5, 0.6) is 23.0 Å². The first-order valence-electron chi connectivity index (χ1n) is 7.50. The Labute approximate surface area is 135 Å². The van der Waals surface area contributed by atoms with Crippen molar-refractivity contribution in [1.82, 2.24) is 0 Å². The second-order valence-electron chi connectivity index (χ2n) is 5.41. The quantitative estimate of drug-likeness (QED) is 0.919. The molecule has 23 heavy (non-hydrogen) atoms. The molecule has 0 saturated carbocycles. The number of nitrogens with two attached hydrogens (primary N) is 1. The lowest BCUT2D eigenvalue weighted by Crippen LogP contribution is -2.24. The number of fused-ring (bicyclic) bond motifs is 1. The molecule has 1 atom stereocenters. The largest absolute Gasteiger partial charge is 0.497 e. The average Bonchev–Trinajstić information content (AvgIpc) is 3.03. The molecule has 5 nitrogen and oxygen atoms in total. The summed E-state index contributed by atoms with van der Waals surface area (Å²) < 4.78 is 22.3. The molecule has 0 amide bonds. The van der Waals surface area contributed by atoms with Crippen LogP contribution in [0.4, 0.5) is 0 Å². The van der Waals surface area contributed by atoms with Crippen LogP contribution in [0.25, 0.3) is 11.1 Å². The molecule has 5 heteroatoms. The lowest BCUT2D eigenvalue weighted by atomic mass is 9.99. The minimum Gasteiger partial charge on any atom is -0.497 e. The van der Waals surface area contributed by atoms with Crippen LogP contribution >= 0.6 is 0 Å². The molecule has 0 radical (unpaired) electrons. The predicted molar refractivity (Wildman–Crippen MR) is 88.7 cm³/mol. The van der Waals surface area contributed by atoms with Crippen molar-refractivity contribution in [3.63, 3.8) is 0 Å². The van der Waals surface area contributed by atoms with Gasteiger partial charge in [-0.05, 0) is 30.3 Å².